The van der Waals surface area contributed by atoms with Gasteiger partial charge in [0.05, 0.1) is 13.1 Å². The van der Waals surface area contributed by atoms with E-state index in [-0.39, 0.29) is 17.9 Å². The van der Waals surface area contributed by atoms with Gasteiger partial charge in [0.1, 0.15) is 0 Å². The zero-order valence-corrected chi connectivity index (χ0v) is 12.0. The molecule has 4 heteroatoms. The molecule has 0 aliphatic rings. The van der Waals surface area contributed by atoms with Gasteiger partial charge in [0.2, 0.25) is 0 Å². The molecule has 0 fully saturated rings. The molecule has 0 saturated carbocycles. The van der Waals surface area contributed by atoms with Crippen molar-refractivity contribution in [3.8, 4) is 0 Å². The van der Waals surface area contributed by atoms with Crippen LogP contribution in [0, 0.1) is 0 Å². The van der Waals surface area contributed by atoms with Gasteiger partial charge < -0.3 is 10.3 Å². The summed E-state index contributed by atoms with van der Waals surface area (Å²) in [7, 11) is 0. The van der Waals surface area contributed by atoms with Crippen LogP contribution in [0.1, 0.15) is 15.9 Å². The zero-order valence-electron chi connectivity index (χ0n) is 12.0. The Morgan fingerprint density at radius 3 is 2.50 bits per heavy atom. The van der Waals surface area contributed by atoms with E-state index in [9.17, 15) is 9.59 Å². The van der Waals surface area contributed by atoms with Crippen LogP contribution in [0.4, 0.5) is 0 Å². The first kappa shape index (κ1) is 14.2. The van der Waals surface area contributed by atoms with E-state index in [0.29, 0.717) is 12.1 Å². The van der Waals surface area contributed by atoms with E-state index < -0.39 is 0 Å². The number of rotatable bonds is 4. The minimum absolute atomic E-state index is 0.0892. The molecule has 22 heavy (non-hydrogen) atoms. The lowest BCUT2D eigenvalue weighted by Gasteiger charge is -2.08. The van der Waals surface area contributed by atoms with E-state index in [2.05, 4.69) is 12.1 Å². The third-order valence-electron chi connectivity index (χ3n) is 3.67. The second-order valence-electron chi connectivity index (χ2n) is 5.19. The van der Waals surface area contributed by atoms with Crippen LogP contribution in [-0.4, -0.2) is 16.9 Å². The molecule has 1 heterocycles. The number of nitrogens with two attached hydrogens (primary N) is 1. The lowest BCUT2D eigenvalue weighted by molar-refractivity contribution is 0.100. The monoisotopic (exact) mass is 292 g/mol. The summed E-state index contributed by atoms with van der Waals surface area (Å²) in [5, 5.41) is 2.31. The second kappa shape index (κ2) is 5.95. The fraction of sp³-hybridized carbons (Fsp3) is 0.111. The summed E-state index contributed by atoms with van der Waals surface area (Å²) in [6.45, 7) is 0.384. The largest absolute Gasteiger partial charge is 0.324 e. The van der Waals surface area contributed by atoms with Crippen LogP contribution in [-0.2, 0) is 6.54 Å². The number of hydrogen-bond donors (Lipinski definition) is 1. The average Bonchev–Trinajstić information content (AvgIpc) is 2.56. The number of aromatic nitrogens is 1. The molecule has 3 rings (SSSR count). The fourth-order valence-electron chi connectivity index (χ4n) is 2.46. The lowest BCUT2D eigenvalue weighted by Crippen LogP contribution is -2.22. The number of carbonyl (C=O) groups is 1. The Labute approximate surface area is 127 Å². The number of benzene rings is 2. The Kier molecular flexibility index (Phi) is 3.85. The van der Waals surface area contributed by atoms with Crippen molar-refractivity contribution in [3.63, 3.8) is 0 Å². The minimum Gasteiger partial charge on any atom is -0.324 e. The van der Waals surface area contributed by atoms with E-state index >= 15 is 0 Å². The van der Waals surface area contributed by atoms with Crippen molar-refractivity contribution in [2.24, 2.45) is 5.73 Å². The number of carbonyl (C=O) groups excluding carboxylic acids is 1. The maximum Gasteiger partial charge on any atom is 0.251 e. The third kappa shape index (κ3) is 2.82. The summed E-state index contributed by atoms with van der Waals surface area (Å²) in [4.78, 5) is 23.6. The highest BCUT2D eigenvalue weighted by molar-refractivity contribution is 5.97. The number of pyridine rings is 1. The Morgan fingerprint density at radius 1 is 1.00 bits per heavy atom. The van der Waals surface area contributed by atoms with E-state index in [1.54, 1.807) is 16.8 Å². The predicted octanol–water partition coefficient (Wildman–Crippen LogP) is 2.19. The van der Waals surface area contributed by atoms with Crippen LogP contribution in [0.3, 0.4) is 0 Å². The van der Waals surface area contributed by atoms with Gasteiger partial charge in [0, 0.05) is 17.8 Å². The minimum atomic E-state index is -0.227. The third-order valence-corrected chi connectivity index (χ3v) is 3.67. The van der Waals surface area contributed by atoms with Crippen molar-refractivity contribution in [2.75, 3.05) is 6.54 Å². The molecule has 0 spiro atoms. The Balaban J connectivity index is 1.91. The SMILES string of the molecule is NCC(=O)c1ccn(Cc2ccc3ccccc3c2)c(=O)c1. The van der Waals surface area contributed by atoms with Crippen LogP contribution in [0.5, 0.6) is 0 Å². The Bertz CT molecular complexity index is 897. The summed E-state index contributed by atoms with van der Waals surface area (Å²) < 4.78 is 1.58. The second-order valence-corrected chi connectivity index (χ2v) is 5.19. The molecule has 0 atom stereocenters. The number of Topliss-reactive ketones (excluding diaryl/α,β-unsaturated/α-hetero) is 1. The molecular weight excluding hydrogens is 276 g/mol. The van der Waals surface area contributed by atoms with Gasteiger partial charge in [0.25, 0.3) is 5.56 Å². The topological polar surface area (TPSA) is 65.1 Å². The van der Waals surface area contributed by atoms with Crippen LogP contribution in [0.2, 0.25) is 0 Å². The van der Waals surface area contributed by atoms with Gasteiger partial charge in [0.15, 0.2) is 5.78 Å². The normalized spacial score (nSPS) is 10.8. The molecule has 0 saturated heterocycles. The maximum absolute atomic E-state index is 12.1. The van der Waals surface area contributed by atoms with Gasteiger partial charge in [-0.05, 0) is 28.5 Å². The van der Waals surface area contributed by atoms with Gasteiger partial charge in [-0.1, -0.05) is 36.4 Å². The van der Waals surface area contributed by atoms with Crippen LogP contribution < -0.4 is 11.3 Å². The molecule has 0 radical (unpaired) electrons. The van der Waals surface area contributed by atoms with E-state index in [1.165, 1.54) is 11.5 Å². The van der Waals surface area contributed by atoms with Gasteiger partial charge in [-0.2, -0.15) is 0 Å². The number of ketones is 1. The molecule has 110 valence electrons. The molecule has 3 aromatic rings. The Morgan fingerprint density at radius 2 is 1.77 bits per heavy atom. The molecule has 0 aliphatic heterocycles. The molecule has 1 aromatic heterocycles. The first-order chi connectivity index (χ1) is 10.7. The molecule has 0 unspecified atom stereocenters. The van der Waals surface area contributed by atoms with Gasteiger partial charge in [-0.25, -0.2) is 0 Å². The van der Waals surface area contributed by atoms with Crippen LogP contribution in [0.15, 0.2) is 65.6 Å². The van der Waals surface area contributed by atoms with Gasteiger partial charge >= 0.3 is 0 Å². The van der Waals surface area contributed by atoms with Crippen LogP contribution >= 0.6 is 0 Å². The van der Waals surface area contributed by atoms with Gasteiger partial charge in [-0.15, -0.1) is 0 Å². The van der Waals surface area contributed by atoms with E-state index in [1.807, 2.05) is 30.3 Å². The Hall–Kier alpha value is -2.72. The predicted molar refractivity (Wildman–Crippen MR) is 87.1 cm³/mol. The van der Waals surface area contributed by atoms with E-state index in [4.69, 9.17) is 5.73 Å². The van der Waals surface area contributed by atoms with Crippen molar-refractivity contribution in [1.29, 1.82) is 0 Å². The van der Waals surface area contributed by atoms with E-state index in [0.717, 1.165) is 10.9 Å². The standard InChI is InChI=1S/C18H16N2O2/c19-11-17(21)16-7-8-20(18(22)10-16)12-13-5-6-14-3-1-2-4-15(14)9-13/h1-10H,11-12,19H2. The fourth-order valence-corrected chi connectivity index (χ4v) is 2.46. The molecule has 0 amide bonds. The van der Waals surface area contributed by atoms with Crippen molar-refractivity contribution >= 4 is 16.6 Å². The van der Waals surface area contributed by atoms with Crippen molar-refractivity contribution in [2.45, 2.75) is 6.54 Å². The molecule has 2 N–H and O–H groups in total. The smallest absolute Gasteiger partial charge is 0.251 e. The first-order valence-electron chi connectivity index (χ1n) is 7.09. The molecule has 4 nitrogen and oxygen atoms in total. The summed E-state index contributed by atoms with van der Waals surface area (Å²) >= 11 is 0. The molecule has 0 bridgehead atoms. The van der Waals surface area contributed by atoms with Crippen molar-refractivity contribution in [1.82, 2.24) is 4.57 Å². The summed E-state index contributed by atoms with van der Waals surface area (Å²) in [6, 6.07) is 17.2. The molecular formula is C18H16N2O2. The lowest BCUT2D eigenvalue weighted by atomic mass is 10.1. The highest BCUT2D eigenvalue weighted by atomic mass is 16.1. The number of nitrogens with zero attached hydrogens (tertiary/aromatic N) is 1. The maximum atomic E-state index is 12.1. The number of hydrogen-bond acceptors (Lipinski definition) is 3. The average molecular weight is 292 g/mol. The highest BCUT2D eigenvalue weighted by Gasteiger charge is 2.06. The number of fused-ring (bicyclic) bond motifs is 1. The van der Waals surface area contributed by atoms with Gasteiger partial charge in [-0.3, -0.25) is 9.59 Å². The molecule has 0 aliphatic carbocycles. The highest BCUT2D eigenvalue weighted by Crippen LogP contribution is 2.16. The quantitative estimate of drug-likeness (QED) is 0.750. The van der Waals surface area contributed by atoms with Crippen LogP contribution in [0.25, 0.3) is 10.8 Å². The van der Waals surface area contributed by atoms with Crippen molar-refractivity contribution < 1.29 is 4.79 Å². The summed E-state index contributed by atoms with van der Waals surface area (Å²) in [6.07, 6.45) is 1.64. The summed E-state index contributed by atoms with van der Waals surface area (Å²) in [5.41, 5.74) is 6.51. The van der Waals surface area contributed by atoms with Crippen molar-refractivity contribution in [3.05, 3.63) is 82.3 Å². The molecule has 2 aromatic carbocycles. The summed E-state index contributed by atoms with van der Waals surface area (Å²) in [5.74, 6) is -0.227. The zero-order chi connectivity index (χ0) is 15.5. The first-order valence-corrected chi connectivity index (χ1v) is 7.09.